The minimum atomic E-state index is 0.419. The number of hydrogen-bond acceptors (Lipinski definition) is 3. The molecule has 0 atom stereocenters. The van der Waals surface area contributed by atoms with E-state index in [9.17, 15) is 0 Å². The second kappa shape index (κ2) is 4.74. The Labute approximate surface area is 98.4 Å². The molecular formula is C13H23N3. The van der Waals surface area contributed by atoms with Crippen molar-refractivity contribution in [2.24, 2.45) is 5.84 Å². The topological polar surface area (TPSA) is 55.3 Å². The standard InChI is InChI=1S/C13H23N3/c1-8(2)10-6-11(9(3)4)13(16(5)15)12(14)7-10/h6-9H,14-15H2,1-5H3. The summed E-state index contributed by atoms with van der Waals surface area (Å²) in [5.74, 6) is 6.73. The van der Waals surface area contributed by atoms with E-state index in [0.29, 0.717) is 11.8 Å². The van der Waals surface area contributed by atoms with Crippen LogP contribution in [0.15, 0.2) is 12.1 Å². The van der Waals surface area contributed by atoms with Crippen molar-refractivity contribution in [3.05, 3.63) is 23.3 Å². The van der Waals surface area contributed by atoms with Gasteiger partial charge in [0, 0.05) is 7.05 Å². The fourth-order valence-corrected chi connectivity index (χ4v) is 1.88. The van der Waals surface area contributed by atoms with Gasteiger partial charge in [-0.3, -0.25) is 0 Å². The summed E-state index contributed by atoms with van der Waals surface area (Å²) in [5.41, 5.74) is 10.3. The minimum absolute atomic E-state index is 0.419. The van der Waals surface area contributed by atoms with E-state index in [-0.39, 0.29) is 0 Å². The van der Waals surface area contributed by atoms with Crippen molar-refractivity contribution in [2.75, 3.05) is 17.8 Å². The molecule has 0 heterocycles. The predicted molar refractivity (Wildman–Crippen MR) is 71.6 cm³/mol. The molecule has 0 aliphatic carbocycles. The van der Waals surface area contributed by atoms with E-state index in [1.807, 2.05) is 13.1 Å². The molecule has 0 aromatic heterocycles. The van der Waals surface area contributed by atoms with Gasteiger partial charge in [-0.05, 0) is 29.0 Å². The van der Waals surface area contributed by atoms with Crippen LogP contribution in [-0.4, -0.2) is 7.05 Å². The van der Waals surface area contributed by atoms with Crippen LogP contribution in [-0.2, 0) is 0 Å². The van der Waals surface area contributed by atoms with Gasteiger partial charge in [0.1, 0.15) is 0 Å². The fraction of sp³-hybridized carbons (Fsp3) is 0.538. The maximum absolute atomic E-state index is 6.08. The first-order chi connectivity index (χ1) is 7.34. The number of benzene rings is 1. The van der Waals surface area contributed by atoms with Crippen molar-refractivity contribution < 1.29 is 0 Å². The molecule has 0 aliphatic heterocycles. The van der Waals surface area contributed by atoms with Crippen LogP contribution in [0.5, 0.6) is 0 Å². The Morgan fingerprint density at radius 2 is 1.62 bits per heavy atom. The quantitative estimate of drug-likeness (QED) is 0.469. The van der Waals surface area contributed by atoms with Gasteiger partial charge in [-0.1, -0.05) is 33.8 Å². The smallest absolute Gasteiger partial charge is 0.0778 e. The highest BCUT2D eigenvalue weighted by Gasteiger charge is 2.15. The van der Waals surface area contributed by atoms with Crippen LogP contribution in [0.1, 0.15) is 50.7 Å². The number of nitrogens with two attached hydrogens (primary N) is 2. The maximum Gasteiger partial charge on any atom is 0.0778 e. The number of anilines is 2. The highest BCUT2D eigenvalue weighted by Crippen LogP contribution is 2.34. The second-order valence-corrected chi connectivity index (χ2v) is 4.97. The van der Waals surface area contributed by atoms with Crippen LogP contribution in [0.3, 0.4) is 0 Å². The molecule has 16 heavy (non-hydrogen) atoms. The molecule has 0 spiro atoms. The summed E-state index contributed by atoms with van der Waals surface area (Å²) >= 11 is 0. The van der Waals surface area contributed by atoms with Gasteiger partial charge < -0.3 is 10.7 Å². The highest BCUT2D eigenvalue weighted by atomic mass is 15.4. The zero-order valence-corrected chi connectivity index (χ0v) is 10.9. The first-order valence-corrected chi connectivity index (χ1v) is 5.76. The Morgan fingerprint density at radius 1 is 1.06 bits per heavy atom. The molecule has 0 radical (unpaired) electrons. The summed E-state index contributed by atoms with van der Waals surface area (Å²) < 4.78 is 0. The zero-order chi connectivity index (χ0) is 12.5. The van der Waals surface area contributed by atoms with E-state index in [4.69, 9.17) is 11.6 Å². The molecule has 1 aromatic rings. The van der Waals surface area contributed by atoms with Gasteiger partial charge in [-0.25, -0.2) is 5.84 Å². The monoisotopic (exact) mass is 221 g/mol. The summed E-state index contributed by atoms with van der Waals surface area (Å²) in [5, 5.41) is 1.61. The van der Waals surface area contributed by atoms with Crippen molar-refractivity contribution in [1.29, 1.82) is 0 Å². The number of hydrazine groups is 1. The molecule has 0 fully saturated rings. The van der Waals surface area contributed by atoms with Crippen molar-refractivity contribution in [1.82, 2.24) is 0 Å². The zero-order valence-electron chi connectivity index (χ0n) is 10.9. The lowest BCUT2D eigenvalue weighted by atomic mass is 9.93. The molecule has 0 unspecified atom stereocenters. The third-order valence-electron chi connectivity index (χ3n) is 2.83. The van der Waals surface area contributed by atoms with Crippen molar-refractivity contribution >= 4 is 11.4 Å². The Hall–Kier alpha value is -1.22. The third kappa shape index (κ3) is 2.47. The van der Waals surface area contributed by atoms with E-state index in [0.717, 1.165) is 11.4 Å². The molecule has 1 rings (SSSR count). The van der Waals surface area contributed by atoms with E-state index in [2.05, 4.69) is 33.8 Å². The Morgan fingerprint density at radius 3 is 2.00 bits per heavy atom. The summed E-state index contributed by atoms with van der Waals surface area (Å²) in [6, 6.07) is 4.24. The first-order valence-electron chi connectivity index (χ1n) is 5.76. The predicted octanol–water partition coefficient (Wildman–Crippen LogP) is 2.83. The molecule has 4 N–H and O–H groups in total. The number of nitrogens with zero attached hydrogens (tertiary/aromatic N) is 1. The van der Waals surface area contributed by atoms with E-state index < -0.39 is 0 Å². The van der Waals surface area contributed by atoms with Gasteiger partial charge in [0.25, 0.3) is 0 Å². The van der Waals surface area contributed by atoms with Crippen LogP contribution in [0.4, 0.5) is 11.4 Å². The summed E-state index contributed by atoms with van der Waals surface area (Å²) in [6.45, 7) is 8.66. The highest BCUT2D eigenvalue weighted by molar-refractivity contribution is 5.72. The lowest BCUT2D eigenvalue weighted by Gasteiger charge is -2.23. The lowest BCUT2D eigenvalue weighted by Crippen LogP contribution is -2.27. The van der Waals surface area contributed by atoms with Gasteiger partial charge in [-0.2, -0.15) is 0 Å². The van der Waals surface area contributed by atoms with Gasteiger partial charge in [0.2, 0.25) is 0 Å². The fourth-order valence-electron chi connectivity index (χ4n) is 1.88. The van der Waals surface area contributed by atoms with Gasteiger partial charge in [0.15, 0.2) is 0 Å². The van der Waals surface area contributed by atoms with Gasteiger partial charge in [0.05, 0.1) is 11.4 Å². The van der Waals surface area contributed by atoms with Crippen LogP contribution >= 0.6 is 0 Å². The normalized spacial score (nSPS) is 11.2. The Balaban J connectivity index is 3.39. The lowest BCUT2D eigenvalue weighted by molar-refractivity contribution is 0.825. The molecule has 0 aliphatic rings. The third-order valence-corrected chi connectivity index (χ3v) is 2.83. The van der Waals surface area contributed by atoms with Gasteiger partial charge in [-0.15, -0.1) is 0 Å². The van der Waals surface area contributed by atoms with Crippen LogP contribution in [0.25, 0.3) is 0 Å². The van der Waals surface area contributed by atoms with Crippen LogP contribution in [0.2, 0.25) is 0 Å². The molecule has 3 nitrogen and oxygen atoms in total. The van der Waals surface area contributed by atoms with Crippen LogP contribution in [0, 0.1) is 0 Å². The van der Waals surface area contributed by atoms with Gasteiger partial charge >= 0.3 is 0 Å². The number of hydrogen-bond donors (Lipinski definition) is 2. The molecule has 0 bridgehead atoms. The molecular weight excluding hydrogens is 198 g/mol. The first kappa shape index (κ1) is 12.8. The average molecular weight is 221 g/mol. The van der Waals surface area contributed by atoms with E-state index in [1.54, 1.807) is 5.01 Å². The number of nitrogen functional groups attached to an aromatic ring is 1. The van der Waals surface area contributed by atoms with E-state index >= 15 is 0 Å². The maximum atomic E-state index is 6.08. The Bertz CT molecular complexity index is 368. The molecule has 3 heteroatoms. The molecule has 90 valence electrons. The summed E-state index contributed by atoms with van der Waals surface area (Å²) in [7, 11) is 1.83. The number of rotatable bonds is 3. The van der Waals surface area contributed by atoms with Crippen molar-refractivity contribution in [3.8, 4) is 0 Å². The summed E-state index contributed by atoms with van der Waals surface area (Å²) in [4.78, 5) is 0. The second-order valence-electron chi connectivity index (χ2n) is 4.97. The largest absolute Gasteiger partial charge is 0.397 e. The summed E-state index contributed by atoms with van der Waals surface area (Å²) in [6.07, 6.45) is 0. The SMILES string of the molecule is CC(C)c1cc(N)c(N(C)N)c(C(C)C)c1. The Kier molecular flexibility index (Phi) is 3.81. The van der Waals surface area contributed by atoms with Crippen molar-refractivity contribution in [2.45, 2.75) is 39.5 Å². The molecule has 0 saturated heterocycles. The minimum Gasteiger partial charge on any atom is -0.397 e. The average Bonchev–Trinajstić information content (AvgIpc) is 2.15. The molecule has 0 amide bonds. The van der Waals surface area contributed by atoms with Crippen LogP contribution < -0.4 is 16.6 Å². The molecule has 1 aromatic carbocycles. The van der Waals surface area contributed by atoms with E-state index in [1.165, 1.54) is 11.1 Å². The molecule has 0 saturated carbocycles. The van der Waals surface area contributed by atoms with Crippen molar-refractivity contribution in [3.63, 3.8) is 0 Å².